The highest BCUT2D eigenvalue weighted by Gasteiger charge is 2.51. The Balaban J connectivity index is 1.09. The van der Waals surface area contributed by atoms with Gasteiger partial charge in [-0.2, -0.15) is 0 Å². The molecule has 1 aliphatic heterocycles. The van der Waals surface area contributed by atoms with Crippen molar-refractivity contribution < 1.29 is 0 Å². The van der Waals surface area contributed by atoms with Gasteiger partial charge in [0.2, 0.25) is 0 Å². The molecule has 0 N–H and O–H groups in total. The van der Waals surface area contributed by atoms with E-state index in [0.717, 1.165) is 17.1 Å². The van der Waals surface area contributed by atoms with Gasteiger partial charge in [0.1, 0.15) is 0 Å². The summed E-state index contributed by atoms with van der Waals surface area (Å²) in [4.78, 5) is 2.45. The fourth-order valence-electron chi connectivity index (χ4n) is 10.1. The Morgan fingerprint density at radius 3 is 1.75 bits per heavy atom. The molecule has 12 rings (SSSR count). The molecule has 1 aliphatic carbocycles. The number of benzene rings is 9. The zero-order valence-corrected chi connectivity index (χ0v) is 31.2. The number of hydrogen-bond donors (Lipinski definition) is 0. The number of aromatic nitrogens is 1. The predicted molar refractivity (Wildman–Crippen MR) is 237 cm³/mol. The molecule has 0 bridgehead atoms. The average molecular weight is 725 g/mol. The van der Waals surface area contributed by atoms with Gasteiger partial charge >= 0.3 is 0 Å². The molecule has 1 unspecified atom stereocenters. The van der Waals surface area contributed by atoms with E-state index in [9.17, 15) is 0 Å². The van der Waals surface area contributed by atoms with E-state index >= 15 is 0 Å². The van der Waals surface area contributed by atoms with E-state index in [0.29, 0.717) is 0 Å². The highest BCUT2D eigenvalue weighted by molar-refractivity contribution is 6.13. The molecular weight excluding hydrogens is 689 g/mol. The van der Waals surface area contributed by atoms with E-state index in [1.54, 1.807) is 0 Å². The highest BCUT2D eigenvalue weighted by Crippen LogP contribution is 2.63. The van der Waals surface area contributed by atoms with Crippen LogP contribution in [0.3, 0.4) is 0 Å². The van der Waals surface area contributed by atoms with E-state index in [1.165, 1.54) is 83.1 Å². The SMILES string of the molecule is c1ccc(-c2cccc(-c3ccc(N(c4ccccc4)c4cccc5c4-c4ccccc4C54c5ccccc5-n5c6ccccc6c6cccc4c65)cc3)c2)cc1. The third-order valence-electron chi connectivity index (χ3n) is 12.4. The monoisotopic (exact) mass is 724 g/mol. The molecule has 266 valence electrons. The van der Waals surface area contributed by atoms with Gasteiger partial charge in [0.15, 0.2) is 0 Å². The first-order chi connectivity index (χ1) is 28.3. The molecule has 0 saturated heterocycles. The lowest BCUT2D eigenvalue weighted by atomic mass is 9.65. The molecule has 1 spiro atoms. The van der Waals surface area contributed by atoms with Crippen molar-refractivity contribution in [1.29, 1.82) is 0 Å². The topological polar surface area (TPSA) is 8.17 Å². The zero-order chi connectivity index (χ0) is 37.5. The van der Waals surface area contributed by atoms with Gasteiger partial charge < -0.3 is 9.47 Å². The third-order valence-corrected chi connectivity index (χ3v) is 12.4. The Kier molecular flexibility index (Phi) is 6.88. The molecule has 0 saturated carbocycles. The molecule has 9 aromatic carbocycles. The minimum Gasteiger partial charge on any atom is -0.310 e. The van der Waals surface area contributed by atoms with Crippen molar-refractivity contribution in [2.45, 2.75) is 5.41 Å². The van der Waals surface area contributed by atoms with Crippen LogP contribution in [0, 0.1) is 0 Å². The first-order valence-corrected chi connectivity index (χ1v) is 19.8. The third kappa shape index (κ3) is 4.47. The van der Waals surface area contributed by atoms with Crippen LogP contribution in [0.4, 0.5) is 17.1 Å². The maximum absolute atomic E-state index is 2.51. The molecule has 2 heterocycles. The van der Waals surface area contributed by atoms with Crippen molar-refractivity contribution >= 4 is 38.9 Å². The summed E-state index contributed by atoms with van der Waals surface area (Å²) in [6, 6.07) is 80.4. The van der Waals surface area contributed by atoms with Crippen molar-refractivity contribution in [2.24, 2.45) is 0 Å². The lowest BCUT2D eigenvalue weighted by molar-refractivity contribution is 0.748. The number of para-hydroxylation sites is 4. The molecule has 2 aliphatic rings. The van der Waals surface area contributed by atoms with E-state index in [4.69, 9.17) is 0 Å². The normalized spacial score (nSPS) is 14.7. The van der Waals surface area contributed by atoms with Crippen LogP contribution < -0.4 is 4.90 Å². The number of fused-ring (bicyclic) bond motifs is 12. The Morgan fingerprint density at radius 1 is 0.368 bits per heavy atom. The minimum absolute atomic E-state index is 0.515. The lowest BCUT2D eigenvalue weighted by Crippen LogP contribution is -2.33. The van der Waals surface area contributed by atoms with E-state index in [-0.39, 0.29) is 0 Å². The van der Waals surface area contributed by atoms with Crippen LogP contribution in [0.2, 0.25) is 0 Å². The fraction of sp³-hybridized carbons (Fsp3) is 0.0182. The summed E-state index contributed by atoms with van der Waals surface area (Å²) in [5.74, 6) is 0. The largest absolute Gasteiger partial charge is 0.310 e. The Morgan fingerprint density at radius 2 is 0.930 bits per heavy atom. The molecule has 2 heteroatoms. The predicted octanol–water partition coefficient (Wildman–Crippen LogP) is 14.3. The van der Waals surface area contributed by atoms with Crippen molar-refractivity contribution in [1.82, 2.24) is 4.57 Å². The van der Waals surface area contributed by atoms with Crippen molar-refractivity contribution in [3.05, 3.63) is 241 Å². The fourth-order valence-corrected chi connectivity index (χ4v) is 10.1. The standard InChI is InChI=1S/C55H36N2/c1-3-16-37(17-4-1)39-18-13-19-40(36-39)38-32-34-42(35-33-38)56(41-20-5-2-6-21-41)52-31-15-27-48-53(52)45-23-7-9-25-46(45)55(48)47-26-10-12-30-51(47)57-50-29-11-8-22-43(50)44-24-14-28-49(55)54(44)57/h1-36H. The van der Waals surface area contributed by atoms with Crippen LogP contribution >= 0.6 is 0 Å². The number of nitrogens with zero attached hydrogens (tertiary/aromatic N) is 2. The second-order valence-corrected chi connectivity index (χ2v) is 15.2. The van der Waals surface area contributed by atoms with Gasteiger partial charge in [0, 0.05) is 27.7 Å². The van der Waals surface area contributed by atoms with Crippen molar-refractivity contribution in [2.75, 3.05) is 4.90 Å². The van der Waals surface area contributed by atoms with Crippen LogP contribution in [0.25, 0.3) is 60.9 Å². The van der Waals surface area contributed by atoms with Gasteiger partial charge in [-0.05, 0) is 98.6 Å². The van der Waals surface area contributed by atoms with Gasteiger partial charge in [0.05, 0.1) is 27.8 Å². The Labute approximate surface area is 332 Å². The first-order valence-electron chi connectivity index (χ1n) is 19.8. The van der Waals surface area contributed by atoms with Gasteiger partial charge in [-0.15, -0.1) is 0 Å². The molecule has 1 atom stereocenters. The summed E-state index contributed by atoms with van der Waals surface area (Å²) in [5, 5.41) is 2.58. The highest BCUT2D eigenvalue weighted by atomic mass is 15.1. The quantitative estimate of drug-likeness (QED) is 0.172. The summed E-state index contributed by atoms with van der Waals surface area (Å²) in [6.07, 6.45) is 0. The van der Waals surface area contributed by atoms with E-state index < -0.39 is 5.41 Å². The zero-order valence-electron chi connectivity index (χ0n) is 31.2. The van der Waals surface area contributed by atoms with E-state index in [1.807, 2.05) is 0 Å². The second-order valence-electron chi connectivity index (χ2n) is 15.2. The summed E-state index contributed by atoms with van der Waals surface area (Å²) >= 11 is 0. The maximum Gasteiger partial charge on any atom is 0.0755 e. The lowest BCUT2D eigenvalue weighted by Gasteiger charge is -2.39. The number of hydrogen-bond acceptors (Lipinski definition) is 1. The van der Waals surface area contributed by atoms with Gasteiger partial charge in [-0.1, -0.05) is 170 Å². The summed E-state index contributed by atoms with van der Waals surface area (Å²) < 4.78 is 2.51. The Bertz CT molecular complexity index is 3180. The molecule has 10 aromatic rings. The van der Waals surface area contributed by atoms with Crippen molar-refractivity contribution in [3.8, 4) is 39.1 Å². The molecule has 0 fully saturated rings. The molecular formula is C55H36N2. The maximum atomic E-state index is 2.51. The molecule has 1 aromatic heterocycles. The van der Waals surface area contributed by atoms with Crippen LogP contribution in [0.5, 0.6) is 0 Å². The molecule has 0 radical (unpaired) electrons. The average Bonchev–Trinajstić information content (AvgIpc) is 3.79. The molecule has 57 heavy (non-hydrogen) atoms. The second kappa shape index (κ2) is 12.3. The first kappa shape index (κ1) is 31.9. The number of rotatable bonds is 5. The van der Waals surface area contributed by atoms with Crippen LogP contribution in [-0.2, 0) is 5.41 Å². The summed E-state index contributed by atoms with van der Waals surface area (Å²) in [5.41, 5.74) is 19.3. The molecule has 0 amide bonds. The van der Waals surface area contributed by atoms with Gasteiger partial charge in [-0.3, -0.25) is 0 Å². The summed E-state index contributed by atoms with van der Waals surface area (Å²) in [6.45, 7) is 0. The van der Waals surface area contributed by atoms with E-state index in [2.05, 4.69) is 228 Å². The van der Waals surface area contributed by atoms with Gasteiger partial charge in [0.25, 0.3) is 0 Å². The van der Waals surface area contributed by atoms with Crippen LogP contribution in [0.15, 0.2) is 218 Å². The van der Waals surface area contributed by atoms with Crippen LogP contribution in [0.1, 0.15) is 22.3 Å². The summed E-state index contributed by atoms with van der Waals surface area (Å²) in [7, 11) is 0. The molecule has 2 nitrogen and oxygen atoms in total. The van der Waals surface area contributed by atoms with Gasteiger partial charge in [-0.25, -0.2) is 0 Å². The minimum atomic E-state index is -0.515. The number of anilines is 3. The van der Waals surface area contributed by atoms with Crippen molar-refractivity contribution in [3.63, 3.8) is 0 Å². The van der Waals surface area contributed by atoms with Crippen LogP contribution in [-0.4, -0.2) is 4.57 Å². The smallest absolute Gasteiger partial charge is 0.0755 e. The Hall–Kier alpha value is -7.42.